The number of nitrogens with one attached hydrogen (secondary N) is 2. The number of carbonyl (C=O) groups is 1. The standard InChI is InChI=1S/C39H49N7O4S/c1-24(2)33-18-32-36(46(33)15-16-49-8)42-29(22-41-32)21-40-28(20-39(5,6)7)23-50-34-19-31(35-25(3)11-9-12-26(35)4)43-38(44-34)45-51-30-14-10-13-27(17-30)37(47)48/h9-14,17-19,22,24,28,40H,15-16,20-21,23H2,1-8H3,(H,47,48)(H,43,44,45). The highest BCUT2D eigenvalue weighted by Crippen LogP contribution is 2.31. The summed E-state index contributed by atoms with van der Waals surface area (Å²) >= 11 is 1.25. The highest BCUT2D eigenvalue weighted by molar-refractivity contribution is 8.00. The smallest absolute Gasteiger partial charge is 0.335 e. The zero-order valence-electron chi connectivity index (χ0n) is 30.8. The molecule has 0 fully saturated rings. The van der Waals surface area contributed by atoms with Crippen LogP contribution in [0.5, 0.6) is 5.88 Å². The number of aromatic nitrogens is 5. The van der Waals surface area contributed by atoms with Crippen LogP contribution in [0.15, 0.2) is 65.7 Å². The minimum Gasteiger partial charge on any atom is -0.478 e. The third kappa shape index (κ3) is 10.1. The van der Waals surface area contributed by atoms with Gasteiger partial charge in [-0.1, -0.05) is 58.9 Å². The Labute approximate surface area is 304 Å². The van der Waals surface area contributed by atoms with Crippen LogP contribution in [0.2, 0.25) is 0 Å². The van der Waals surface area contributed by atoms with E-state index in [2.05, 4.69) is 81.3 Å². The number of hydrogen-bond acceptors (Lipinski definition) is 10. The number of hydrogen-bond donors (Lipinski definition) is 3. The molecule has 5 rings (SSSR count). The normalized spacial score (nSPS) is 12.4. The van der Waals surface area contributed by atoms with Gasteiger partial charge < -0.3 is 24.5 Å². The van der Waals surface area contributed by atoms with Gasteiger partial charge >= 0.3 is 5.97 Å². The van der Waals surface area contributed by atoms with Crippen molar-refractivity contribution >= 4 is 35.0 Å². The summed E-state index contributed by atoms with van der Waals surface area (Å²) in [7, 11) is 1.71. The number of rotatable bonds is 16. The summed E-state index contributed by atoms with van der Waals surface area (Å²) in [4.78, 5) is 31.6. The molecular weight excluding hydrogens is 663 g/mol. The van der Waals surface area contributed by atoms with Gasteiger partial charge in [-0.25, -0.2) is 14.8 Å². The SMILES string of the molecule is COCCn1c(C(C)C)cc2ncc(CNC(COc3cc(-c4c(C)cccc4C)nc(NSc4cccc(C(=O)O)c4)n3)CC(C)(C)C)nc21. The molecule has 11 nitrogen and oxygen atoms in total. The van der Waals surface area contributed by atoms with Crippen molar-refractivity contribution in [3.05, 3.63) is 88.9 Å². The molecule has 2 aromatic carbocycles. The van der Waals surface area contributed by atoms with E-state index < -0.39 is 5.97 Å². The van der Waals surface area contributed by atoms with Gasteiger partial charge in [-0.15, -0.1) is 0 Å². The van der Waals surface area contributed by atoms with Crippen molar-refractivity contribution in [3.63, 3.8) is 0 Å². The number of benzene rings is 2. The van der Waals surface area contributed by atoms with Gasteiger partial charge in [0.2, 0.25) is 11.8 Å². The van der Waals surface area contributed by atoms with Crippen LogP contribution >= 0.6 is 11.9 Å². The molecule has 0 aliphatic carbocycles. The average Bonchev–Trinajstić information content (AvgIpc) is 3.45. The molecule has 5 aromatic rings. The first-order chi connectivity index (χ1) is 24.3. The Morgan fingerprint density at radius 1 is 1.02 bits per heavy atom. The van der Waals surface area contributed by atoms with E-state index >= 15 is 0 Å². The predicted octanol–water partition coefficient (Wildman–Crippen LogP) is 8.07. The van der Waals surface area contributed by atoms with Gasteiger partial charge in [0, 0.05) is 48.5 Å². The third-order valence-corrected chi connectivity index (χ3v) is 9.21. The Hall–Kier alpha value is -4.52. The molecule has 3 aromatic heterocycles. The largest absolute Gasteiger partial charge is 0.478 e. The number of ether oxygens (including phenoxy) is 2. The van der Waals surface area contributed by atoms with Crippen molar-refractivity contribution in [2.24, 2.45) is 5.41 Å². The van der Waals surface area contributed by atoms with Crippen LogP contribution < -0.4 is 14.8 Å². The molecule has 51 heavy (non-hydrogen) atoms. The van der Waals surface area contributed by atoms with Crippen molar-refractivity contribution in [1.29, 1.82) is 0 Å². The summed E-state index contributed by atoms with van der Waals surface area (Å²) < 4.78 is 17.3. The van der Waals surface area contributed by atoms with Gasteiger partial charge in [-0.05, 0) is 78.9 Å². The second-order valence-electron chi connectivity index (χ2n) is 14.3. The van der Waals surface area contributed by atoms with Gasteiger partial charge in [0.05, 0.1) is 29.8 Å². The molecule has 0 bridgehead atoms. The Kier molecular flexibility index (Phi) is 12.3. The molecule has 0 spiro atoms. The number of carboxylic acids is 1. The lowest BCUT2D eigenvalue weighted by atomic mass is 9.88. The van der Waals surface area contributed by atoms with Crippen molar-refractivity contribution in [2.45, 2.75) is 84.8 Å². The molecule has 270 valence electrons. The van der Waals surface area contributed by atoms with Crippen LogP contribution in [0.3, 0.4) is 0 Å². The second kappa shape index (κ2) is 16.7. The van der Waals surface area contributed by atoms with Gasteiger partial charge in [0.1, 0.15) is 12.1 Å². The van der Waals surface area contributed by atoms with Crippen LogP contribution in [-0.4, -0.2) is 61.9 Å². The lowest BCUT2D eigenvalue weighted by Crippen LogP contribution is -2.37. The number of anilines is 1. The van der Waals surface area contributed by atoms with Crippen LogP contribution in [0.4, 0.5) is 5.95 Å². The van der Waals surface area contributed by atoms with Crippen LogP contribution in [-0.2, 0) is 17.8 Å². The first-order valence-electron chi connectivity index (χ1n) is 17.2. The van der Waals surface area contributed by atoms with E-state index in [0.717, 1.165) is 50.6 Å². The van der Waals surface area contributed by atoms with E-state index in [9.17, 15) is 9.90 Å². The number of fused-ring (bicyclic) bond motifs is 1. The molecular formula is C39H49N7O4S. The van der Waals surface area contributed by atoms with Crippen molar-refractivity contribution in [1.82, 2.24) is 29.8 Å². The summed E-state index contributed by atoms with van der Waals surface area (Å²) in [5, 5.41) is 13.1. The van der Waals surface area contributed by atoms with Crippen molar-refractivity contribution < 1.29 is 19.4 Å². The Morgan fingerprint density at radius 3 is 2.45 bits per heavy atom. The van der Waals surface area contributed by atoms with E-state index in [1.807, 2.05) is 24.4 Å². The minimum absolute atomic E-state index is 0.0165. The van der Waals surface area contributed by atoms with Gasteiger partial charge in [0.15, 0.2) is 5.65 Å². The molecule has 0 saturated heterocycles. The first kappa shape index (κ1) is 37.7. The molecule has 12 heteroatoms. The lowest BCUT2D eigenvalue weighted by Gasteiger charge is -2.27. The monoisotopic (exact) mass is 711 g/mol. The second-order valence-corrected chi connectivity index (χ2v) is 15.2. The topological polar surface area (TPSA) is 136 Å². The number of carboxylic acid groups (broad SMARTS) is 1. The van der Waals surface area contributed by atoms with Gasteiger partial charge in [-0.2, -0.15) is 4.98 Å². The molecule has 3 N–H and O–H groups in total. The van der Waals surface area contributed by atoms with Crippen LogP contribution in [0.25, 0.3) is 22.4 Å². The summed E-state index contributed by atoms with van der Waals surface area (Å²) in [5.74, 6) is 0.146. The van der Waals surface area contributed by atoms with E-state index in [1.165, 1.54) is 17.6 Å². The van der Waals surface area contributed by atoms with E-state index in [-0.39, 0.29) is 17.0 Å². The van der Waals surface area contributed by atoms with Gasteiger partial charge in [0.25, 0.3) is 0 Å². The fourth-order valence-corrected chi connectivity index (χ4v) is 6.73. The summed E-state index contributed by atoms with van der Waals surface area (Å²) in [5.41, 5.74) is 7.96. The quantitative estimate of drug-likeness (QED) is 0.0858. The maximum absolute atomic E-state index is 11.5. The molecule has 0 aliphatic heterocycles. The number of methoxy groups -OCH3 is 1. The number of nitrogens with zero attached hydrogens (tertiary/aromatic N) is 5. The minimum atomic E-state index is -0.982. The molecule has 0 radical (unpaired) electrons. The molecule has 0 aliphatic rings. The summed E-state index contributed by atoms with van der Waals surface area (Å²) in [6, 6.07) is 16.9. The first-order valence-corrected chi connectivity index (χ1v) is 18.0. The molecule has 3 heterocycles. The molecule has 0 saturated carbocycles. The van der Waals surface area contributed by atoms with Crippen molar-refractivity contribution in [3.8, 4) is 17.1 Å². The summed E-state index contributed by atoms with van der Waals surface area (Å²) in [6.07, 6.45) is 2.69. The highest BCUT2D eigenvalue weighted by atomic mass is 32.2. The number of aryl methyl sites for hydroxylation is 2. The fraction of sp³-hybridized carbons (Fsp3) is 0.410. The molecule has 1 unspecified atom stereocenters. The van der Waals surface area contributed by atoms with E-state index in [1.54, 1.807) is 25.3 Å². The maximum atomic E-state index is 11.5. The van der Waals surface area contributed by atoms with Crippen LogP contribution in [0.1, 0.15) is 79.8 Å². The Balaban J connectivity index is 1.38. The fourth-order valence-electron chi connectivity index (χ4n) is 6.10. The Morgan fingerprint density at radius 2 is 1.76 bits per heavy atom. The van der Waals surface area contributed by atoms with Crippen molar-refractivity contribution in [2.75, 3.05) is 25.0 Å². The highest BCUT2D eigenvalue weighted by Gasteiger charge is 2.21. The summed E-state index contributed by atoms with van der Waals surface area (Å²) in [6.45, 7) is 17.3. The maximum Gasteiger partial charge on any atom is 0.335 e. The average molecular weight is 712 g/mol. The zero-order chi connectivity index (χ0) is 36.7. The molecule has 1 atom stereocenters. The van der Waals surface area contributed by atoms with E-state index in [4.69, 9.17) is 29.4 Å². The lowest BCUT2D eigenvalue weighted by molar-refractivity contribution is 0.0696. The molecule has 0 amide bonds. The predicted molar refractivity (Wildman–Crippen MR) is 204 cm³/mol. The van der Waals surface area contributed by atoms with Gasteiger partial charge in [-0.3, -0.25) is 9.71 Å². The van der Waals surface area contributed by atoms with Crippen LogP contribution in [0, 0.1) is 19.3 Å². The zero-order valence-corrected chi connectivity index (χ0v) is 31.6. The Bertz CT molecular complexity index is 1950. The third-order valence-electron chi connectivity index (χ3n) is 8.44. The number of aromatic carboxylic acids is 1. The van der Waals surface area contributed by atoms with E-state index in [0.29, 0.717) is 44.0 Å².